The van der Waals surface area contributed by atoms with Crippen molar-refractivity contribution in [3.8, 4) is 0 Å². The zero-order valence-electron chi connectivity index (χ0n) is 12.2. The van der Waals surface area contributed by atoms with Gasteiger partial charge in [0.05, 0.1) is 11.7 Å². The number of nitrogens with two attached hydrogens (primary N) is 1. The van der Waals surface area contributed by atoms with E-state index in [1.165, 1.54) is 0 Å². The molecule has 2 rings (SSSR count). The third-order valence-corrected chi connectivity index (χ3v) is 3.03. The second-order valence-electron chi connectivity index (χ2n) is 5.99. The Morgan fingerprint density at radius 2 is 2.30 bits per heavy atom. The molecule has 6 nitrogen and oxygen atoms in total. The topological polar surface area (TPSA) is 80.5 Å². The van der Waals surface area contributed by atoms with Crippen molar-refractivity contribution in [1.29, 1.82) is 0 Å². The van der Waals surface area contributed by atoms with Crippen molar-refractivity contribution in [2.24, 2.45) is 0 Å². The van der Waals surface area contributed by atoms with E-state index in [4.69, 9.17) is 10.5 Å². The summed E-state index contributed by atoms with van der Waals surface area (Å²) in [4.78, 5) is 18.1. The molecule has 20 heavy (non-hydrogen) atoms. The van der Waals surface area contributed by atoms with Gasteiger partial charge in [-0.2, -0.15) is 0 Å². The van der Waals surface area contributed by atoms with Crippen LogP contribution in [-0.4, -0.2) is 35.8 Å². The molecular weight excluding hydrogens is 256 g/mol. The second-order valence-corrected chi connectivity index (χ2v) is 5.99. The Kier molecular flexibility index (Phi) is 4.01. The van der Waals surface area contributed by atoms with Gasteiger partial charge in [-0.15, -0.1) is 0 Å². The molecule has 1 atom stereocenters. The molecule has 2 heterocycles. The molecule has 1 fully saturated rings. The highest BCUT2D eigenvalue weighted by atomic mass is 16.6. The van der Waals surface area contributed by atoms with E-state index >= 15 is 0 Å². The molecule has 0 saturated carbocycles. The maximum Gasteiger partial charge on any atom is 0.407 e. The van der Waals surface area contributed by atoms with Crippen molar-refractivity contribution in [2.75, 3.05) is 23.7 Å². The number of carbonyl (C=O) groups is 1. The first kappa shape index (κ1) is 14.4. The van der Waals surface area contributed by atoms with Crippen molar-refractivity contribution in [2.45, 2.75) is 38.8 Å². The van der Waals surface area contributed by atoms with Gasteiger partial charge in [0.1, 0.15) is 5.60 Å². The number of ether oxygens (including phenoxy) is 1. The summed E-state index contributed by atoms with van der Waals surface area (Å²) in [6.07, 6.45) is 2.20. The Hall–Kier alpha value is -1.98. The molecule has 6 heteroatoms. The van der Waals surface area contributed by atoms with Gasteiger partial charge in [0.15, 0.2) is 5.82 Å². The average Bonchev–Trinajstić information content (AvgIpc) is 2.75. The Morgan fingerprint density at radius 3 is 2.95 bits per heavy atom. The van der Waals surface area contributed by atoms with Gasteiger partial charge in [-0.25, -0.2) is 9.78 Å². The molecule has 0 bridgehead atoms. The Balaban J connectivity index is 1.90. The lowest BCUT2D eigenvalue weighted by Gasteiger charge is -2.22. The van der Waals surface area contributed by atoms with Crippen molar-refractivity contribution in [3.63, 3.8) is 0 Å². The highest BCUT2D eigenvalue weighted by Gasteiger charge is 2.27. The zero-order chi connectivity index (χ0) is 14.8. The van der Waals surface area contributed by atoms with Gasteiger partial charge in [-0.3, -0.25) is 0 Å². The number of aromatic nitrogens is 1. The molecule has 1 amide bonds. The molecule has 0 unspecified atom stereocenters. The number of anilines is 2. The first-order chi connectivity index (χ1) is 9.35. The standard InChI is InChI=1S/C14H22N4O2/c1-14(2,3)20-13(19)17-10-6-8-18(9-10)12-11(15)5-4-7-16-12/h4-5,7,10H,6,8-9,15H2,1-3H3,(H,17,19)/t10-/m0/s1. The van der Waals surface area contributed by atoms with Gasteiger partial charge in [-0.1, -0.05) is 0 Å². The molecule has 1 aliphatic heterocycles. The fraction of sp³-hybridized carbons (Fsp3) is 0.571. The summed E-state index contributed by atoms with van der Waals surface area (Å²) in [7, 11) is 0. The van der Waals surface area contributed by atoms with E-state index in [0.717, 1.165) is 18.8 Å². The van der Waals surface area contributed by atoms with Gasteiger partial charge in [-0.05, 0) is 39.3 Å². The van der Waals surface area contributed by atoms with Crippen molar-refractivity contribution in [1.82, 2.24) is 10.3 Å². The lowest BCUT2D eigenvalue weighted by Crippen LogP contribution is -2.40. The molecule has 0 radical (unpaired) electrons. The van der Waals surface area contributed by atoms with E-state index in [-0.39, 0.29) is 12.1 Å². The lowest BCUT2D eigenvalue weighted by atomic mass is 10.2. The van der Waals surface area contributed by atoms with Crippen molar-refractivity contribution < 1.29 is 9.53 Å². The van der Waals surface area contributed by atoms with Gasteiger partial charge in [0, 0.05) is 19.3 Å². The number of hydrogen-bond acceptors (Lipinski definition) is 5. The first-order valence-electron chi connectivity index (χ1n) is 6.80. The molecule has 1 aliphatic rings. The summed E-state index contributed by atoms with van der Waals surface area (Å²) < 4.78 is 5.26. The van der Waals surface area contributed by atoms with E-state index in [9.17, 15) is 4.79 Å². The van der Waals surface area contributed by atoms with Crippen LogP contribution in [0.4, 0.5) is 16.3 Å². The van der Waals surface area contributed by atoms with E-state index in [2.05, 4.69) is 15.2 Å². The quantitative estimate of drug-likeness (QED) is 0.861. The molecule has 1 saturated heterocycles. The molecule has 3 N–H and O–H groups in total. The predicted octanol–water partition coefficient (Wildman–Crippen LogP) is 1.77. The number of rotatable bonds is 2. The normalized spacial score (nSPS) is 18.9. The van der Waals surface area contributed by atoms with Crippen LogP contribution < -0.4 is 16.0 Å². The van der Waals surface area contributed by atoms with E-state index in [0.29, 0.717) is 12.2 Å². The number of hydrogen-bond donors (Lipinski definition) is 2. The Bertz CT molecular complexity index is 484. The molecule has 110 valence electrons. The average molecular weight is 278 g/mol. The van der Waals surface area contributed by atoms with E-state index in [1.54, 1.807) is 6.20 Å². The van der Waals surface area contributed by atoms with E-state index < -0.39 is 5.60 Å². The predicted molar refractivity (Wildman–Crippen MR) is 78.6 cm³/mol. The maximum atomic E-state index is 11.7. The first-order valence-corrected chi connectivity index (χ1v) is 6.80. The summed E-state index contributed by atoms with van der Waals surface area (Å²) in [5.74, 6) is 0.779. The molecular formula is C14H22N4O2. The van der Waals surface area contributed by atoms with Crippen LogP contribution in [0.3, 0.4) is 0 Å². The van der Waals surface area contributed by atoms with Crippen LogP contribution in [0, 0.1) is 0 Å². The van der Waals surface area contributed by atoms with Gasteiger partial charge in [0.25, 0.3) is 0 Å². The van der Waals surface area contributed by atoms with Crippen LogP contribution in [0.15, 0.2) is 18.3 Å². The van der Waals surface area contributed by atoms with Gasteiger partial charge >= 0.3 is 6.09 Å². The van der Waals surface area contributed by atoms with Crippen molar-refractivity contribution >= 4 is 17.6 Å². The second kappa shape index (κ2) is 5.56. The third kappa shape index (κ3) is 3.76. The zero-order valence-corrected chi connectivity index (χ0v) is 12.2. The SMILES string of the molecule is CC(C)(C)OC(=O)N[C@H]1CCN(c2ncccc2N)C1. The fourth-order valence-corrected chi connectivity index (χ4v) is 2.22. The summed E-state index contributed by atoms with van der Waals surface area (Å²) in [5.41, 5.74) is 6.09. The number of nitrogen functional groups attached to an aromatic ring is 1. The Morgan fingerprint density at radius 1 is 1.55 bits per heavy atom. The fourth-order valence-electron chi connectivity index (χ4n) is 2.22. The number of pyridine rings is 1. The number of nitrogens with zero attached hydrogens (tertiary/aromatic N) is 2. The minimum absolute atomic E-state index is 0.0613. The van der Waals surface area contributed by atoms with Crippen LogP contribution >= 0.6 is 0 Å². The maximum absolute atomic E-state index is 11.7. The smallest absolute Gasteiger partial charge is 0.407 e. The number of carbonyl (C=O) groups excluding carboxylic acids is 1. The monoisotopic (exact) mass is 278 g/mol. The minimum atomic E-state index is -0.478. The summed E-state index contributed by atoms with van der Waals surface area (Å²) in [5, 5.41) is 2.88. The summed E-state index contributed by atoms with van der Waals surface area (Å²) in [6.45, 7) is 7.06. The van der Waals surface area contributed by atoms with Gasteiger partial charge < -0.3 is 20.7 Å². The number of amides is 1. The Labute approximate surface area is 119 Å². The summed E-state index contributed by atoms with van der Waals surface area (Å²) >= 11 is 0. The lowest BCUT2D eigenvalue weighted by molar-refractivity contribution is 0.0509. The van der Waals surface area contributed by atoms with Gasteiger partial charge in [0.2, 0.25) is 0 Å². The summed E-state index contributed by atoms with van der Waals surface area (Å²) in [6, 6.07) is 3.70. The molecule has 0 aromatic carbocycles. The minimum Gasteiger partial charge on any atom is -0.444 e. The highest BCUT2D eigenvalue weighted by molar-refractivity contribution is 5.69. The van der Waals surface area contributed by atoms with Crippen LogP contribution in [0.5, 0.6) is 0 Å². The molecule has 0 spiro atoms. The molecule has 1 aromatic heterocycles. The van der Waals surface area contributed by atoms with Crippen LogP contribution in [0.1, 0.15) is 27.2 Å². The largest absolute Gasteiger partial charge is 0.444 e. The molecule has 1 aromatic rings. The third-order valence-electron chi connectivity index (χ3n) is 3.03. The van der Waals surface area contributed by atoms with Crippen molar-refractivity contribution in [3.05, 3.63) is 18.3 Å². The van der Waals surface area contributed by atoms with E-state index in [1.807, 2.05) is 32.9 Å². The molecule has 0 aliphatic carbocycles. The van der Waals surface area contributed by atoms with Crippen LogP contribution in [-0.2, 0) is 4.74 Å². The number of alkyl carbamates (subject to hydrolysis) is 1. The van der Waals surface area contributed by atoms with Crippen LogP contribution in [0.2, 0.25) is 0 Å². The number of nitrogens with one attached hydrogen (secondary N) is 1. The van der Waals surface area contributed by atoms with Crippen LogP contribution in [0.25, 0.3) is 0 Å². The highest BCUT2D eigenvalue weighted by Crippen LogP contribution is 2.23.